The van der Waals surface area contributed by atoms with Crippen LogP contribution in [0.1, 0.15) is 48.2 Å². The first-order chi connectivity index (χ1) is 16.5. The van der Waals surface area contributed by atoms with Gasteiger partial charge in [-0.25, -0.2) is 0 Å². The summed E-state index contributed by atoms with van der Waals surface area (Å²) in [5.74, 6) is 0. The average Bonchev–Trinajstić information content (AvgIpc) is 3.40. The minimum absolute atomic E-state index is 0.0763. The Morgan fingerprint density at radius 3 is 1.53 bits per heavy atom. The molecule has 0 unspecified atom stereocenters. The molecule has 10 heteroatoms. The van der Waals surface area contributed by atoms with Gasteiger partial charge in [-0.2, -0.15) is 10.2 Å². The summed E-state index contributed by atoms with van der Waals surface area (Å²) in [5.41, 5.74) is 7.43. The number of nitrogens with one attached hydrogen (secondary N) is 2. The molecule has 0 saturated heterocycles. The van der Waals surface area contributed by atoms with Crippen LogP contribution >= 0.6 is 0 Å². The number of aromatic nitrogens is 2. The van der Waals surface area contributed by atoms with Crippen molar-refractivity contribution in [1.82, 2.24) is 9.97 Å². The van der Waals surface area contributed by atoms with E-state index in [1.807, 2.05) is 0 Å². The van der Waals surface area contributed by atoms with E-state index in [1.54, 1.807) is 24.3 Å². The van der Waals surface area contributed by atoms with Crippen molar-refractivity contribution in [3.8, 4) is 0 Å². The third-order valence-electron chi connectivity index (χ3n) is 6.75. The topological polar surface area (TPSA) is 143 Å². The first-order valence-corrected chi connectivity index (χ1v) is 11.2. The Morgan fingerprint density at radius 2 is 1.12 bits per heavy atom. The predicted molar refractivity (Wildman–Crippen MR) is 129 cm³/mol. The first-order valence-electron chi connectivity index (χ1n) is 11.2. The van der Waals surface area contributed by atoms with Crippen LogP contribution in [0.15, 0.2) is 46.6 Å². The van der Waals surface area contributed by atoms with Gasteiger partial charge in [-0.3, -0.25) is 20.2 Å². The summed E-state index contributed by atoms with van der Waals surface area (Å²) in [6.45, 7) is 0. The molecule has 0 spiro atoms. The molecule has 10 nitrogen and oxygen atoms in total. The van der Waals surface area contributed by atoms with E-state index in [0.29, 0.717) is 0 Å². The van der Waals surface area contributed by atoms with E-state index in [1.165, 1.54) is 12.1 Å². The molecule has 2 N–H and O–H groups in total. The lowest BCUT2D eigenvalue weighted by atomic mass is 9.93. The Hall–Kier alpha value is -4.34. The zero-order valence-corrected chi connectivity index (χ0v) is 18.1. The van der Waals surface area contributed by atoms with Gasteiger partial charge in [0.25, 0.3) is 11.4 Å². The molecular formula is C24H20N6O4. The molecule has 170 valence electrons. The van der Waals surface area contributed by atoms with Crippen molar-refractivity contribution in [3.63, 3.8) is 0 Å². The van der Waals surface area contributed by atoms with E-state index in [9.17, 15) is 20.2 Å². The highest BCUT2D eigenvalue weighted by Crippen LogP contribution is 2.34. The number of H-pyrrole nitrogens is 2. The molecule has 0 saturated carbocycles. The van der Waals surface area contributed by atoms with Gasteiger partial charge >= 0.3 is 0 Å². The normalized spacial score (nSPS) is 17.9. The summed E-state index contributed by atoms with van der Waals surface area (Å²) >= 11 is 0. The fourth-order valence-corrected chi connectivity index (χ4v) is 5.15. The number of hydrogen-bond acceptors (Lipinski definition) is 6. The van der Waals surface area contributed by atoms with Crippen LogP contribution in [0.4, 0.5) is 11.4 Å². The summed E-state index contributed by atoms with van der Waals surface area (Å²) in [4.78, 5) is 28.4. The van der Waals surface area contributed by atoms with E-state index in [0.717, 1.165) is 94.3 Å². The highest BCUT2D eigenvalue weighted by Gasteiger charge is 2.24. The maximum Gasteiger partial charge on any atom is 0.270 e. The van der Waals surface area contributed by atoms with Crippen molar-refractivity contribution in [1.29, 1.82) is 0 Å². The standard InChI is InChI=1S/C24H20N6O4/c31-29(32)13-7-9-19-17(11-13)15-3-1-5-21(23(15)25-19)27-28-22-6-2-4-16-18-12-14(30(33)34)8-10-20(18)26-24(16)22/h7-12,25-26H,1-6H2/b27-21-,28-22+. The van der Waals surface area contributed by atoms with Crippen LogP contribution in [0.2, 0.25) is 0 Å². The van der Waals surface area contributed by atoms with Gasteiger partial charge in [-0.15, -0.1) is 0 Å². The second-order valence-corrected chi connectivity index (χ2v) is 8.73. The van der Waals surface area contributed by atoms with Crippen molar-refractivity contribution in [2.24, 2.45) is 10.2 Å². The number of nitro groups is 2. The zero-order valence-electron chi connectivity index (χ0n) is 18.1. The molecule has 6 rings (SSSR count). The smallest absolute Gasteiger partial charge is 0.270 e. The van der Waals surface area contributed by atoms with E-state index >= 15 is 0 Å². The lowest BCUT2D eigenvalue weighted by molar-refractivity contribution is -0.384. The molecule has 2 aliphatic carbocycles. The number of aromatic amines is 2. The van der Waals surface area contributed by atoms with E-state index in [-0.39, 0.29) is 21.2 Å². The second kappa shape index (κ2) is 7.62. The molecule has 0 amide bonds. The number of rotatable bonds is 3. The van der Waals surface area contributed by atoms with Crippen molar-refractivity contribution in [3.05, 3.63) is 79.1 Å². The number of benzene rings is 2. The summed E-state index contributed by atoms with van der Waals surface area (Å²) in [5, 5.41) is 33.4. The fraction of sp³-hybridized carbons (Fsp3) is 0.250. The summed E-state index contributed by atoms with van der Waals surface area (Å²) in [7, 11) is 0. The average molecular weight is 456 g/mol. The maximum absolute atomic E-state index is 11.2. The SMILES string of the molecule is O=[N+]([O-])c1ccc2[nH]c3c(c2c1)CCC/C3=N/N=C1\CCCc2c1[nH]c1ccc([N+](=O)[O-])cc21. The molecule has 0 atom stereocenters. The Bertz CT molecular complexity index is 1460. The molecule has 0 bridgehead atoms. The summed E-state index contributed by atoms with van der Waals surface area (Å²) in [6, 6.07) is 9.74. The van der Waals surface area contributed by atoms with Crippen LogP contribution in [0.25, 0.3) is 21.8 Å². The quantitative estimate of drug-likeness (QED) is 0.317. The molecule has 0 radical (unpaired) electrons. The van der Waals surface area contributed by atoms with E-state index in [4.69, 9.17) is 0 Å². The minimum Gasteiger partial charge on any atom is -0.353 e. The predicted octanol–water partition coefficient (Wildman–Crippen LogP) is 5.33. The molecule has 2 aliphatic rings. The summed E-state index contributed by atoms with van der Waals surface area (Å²) in [6.07, 6.45) is 4.99. The number of aryl methyl sites for hydroxylation is 2. The van der Waals surface area contributed by atoms with Crippen molar-refractivity contribution < 1.29 is 9.85 Å². The molecule has 0 aliphatic heterocycles. The fourth-order valence-electron chi connectivity index (χ4n) is 5.15. The van der Waals surface area contributed by atoms with Crippen molar-refractivity contribution in [2.75, 3.05) is 0 Å². The van der Waals surface area contributed by atoms with E-state index < -0.39 is 0 Å². The Morgan fingerprint density at radius 1 is 0.676 bits per heavy atom. The zero-order chi connectivity index (χ0) is 23.4. The van der Waals surface area contributed by atoms with Crippen LogP contribution < -0.4 is 0 Å². The number of nitro benzene ring substituents is 2. The van der Waals surface area contributed by atoms with Gasteiger partial charge in [0.2, 0.25) is 0 Å². The van der Waals surface area contributed by atoms with Gasteiger partial charge in [-0.05, 0) is 61.8 Å². The number of fused-ring (bicyclic) bond motifs is 6. The Kier molecular flexibility index (Phi) is 4.54. The van der Waals surface area contributed by atoms with Gasteiger partial charge in [-0.1, -0.05) is 0 Å². The molecule has 2 aromatic heterocycles. The molecule has 34 heavy (non-hydrogen) atoms. The molecule has 2 aromatic carbocycles. The number of hydrogen-bond donors (Lipinski definition) is 2. The van der Waals surface area contributed by atoms with Crippen LogP contribution in [-0.4, -0.2) is 31.2 Å². The summed E-state index contributed by atoms with van der Waals surface area (Å²) < 4.78 is 0. The van der Waals surface area contributed by atoms with Gasteiger partial charge in [0.1, 0.15) is 0 Å². The van der Waals surface area contributed by atoms with Gasteiger partial charge < -0.3 is 9.97 Å². The van der Waals surface area contributed by atoms with Gasteiger partial charge in [0.15, 0.2) is 0 Å². The van der Waals surface area contributed by atoms with Gasteiger partial charge in [0.05, 0.1) is 32.7 Å². The lowest BCUT2D eigenvalue weighted by Crippen LogP contribution is -2.13. The van der Waals surface area contributed by atoms with Gasteiger partial charge in [0, 0.05) is 46.1 Å². The molecular weight excluding hydrogens is 436 g/mol. The lowest BCUT2D eigenvalue weighted by Gasteiger charge is -2.15. The number of nitrogens with zero attached hydrogens (tertiary/aromatic N) is 4. The third kappa shape index (κ3) is 3.18. The number of non-ortho nitro benzene ring substituents is 2. The Labute approximate surface area is 192 Å². The second-order valence-electron chi connectivity index (χ2n) is 8.73. The first kappa shape index (κ1) is 20.3. The molecule has 2 heterocycles. The Balaban J connectivity index is 1.42. The van der Waals surface area contributed by atoms with Crippen LogP contribution in [-0.2, 0) is 12.8 Å². The van der Waals surface area contributed by atoms with E-state index in [2.05, 4.69) is 20.2 Å². The monoisotopic (exact) mass is 456 g/mol. The maximum atomic E-state index is 11.2. The van der Waals surface area contributed by atoms with Crippen molar-refractivity contribution in [2.45, 2.75) is 38.5 Å². The van der Waals surface area contributed by atoms with Crippen LogP contribution in [0, 0.1) is 20.2 Å². The van der Waals surface area contributed by atoms with Crippen LogP contribution in [0.5, 0.6) is 0 Å². The molecule has 0 fully saturated rings. The highest BCUT2D eigenvalue weighted by atomic mass is 16.6. The minimum atomic E-state index is -0.377. The third-order valence-corrected chi connectivity index (χ3v) is 6.75. The largest absolute Gasteiger partial charge is 0.353 e. The van der Waals surface area contributed by atoms with Crippen molar-refractivity contribution >= 4 is 44.6 Å². The highest BCUT2D eigenvalue weighted by molar-refractivity contribution is 6.09. The molecule has 4 aromatic rings. The van der Waals surface area contributed by atoms with Crippen LogP contribution in [0.3, 0.4) is 0 Å².